The van der Waals surface area contributed by atoms with Crippen molar-refractivity contribution in [3.63, 3.8) is 0 Å². The van der Waals surface area contributed by atoms with Crippen LogP contribution in [0.5, 0.6) is 0 Å². The number of benzene rings is 2. The van der Waals surface area contributed by atoms with Crippen LogP contribution in [0, 0.1) is 6.92 Å². The van der Waals surface area contributed by atoms with Gasteiger partial charge in [-0.25, -0.2) is 8.42 Å². The van der Waals surface area contributed by atoms with Crippen molar-refractivity contribution in [2.45, 2.75) is 18.7 Å². The minimum Gasteiger partial charge on any atom is -0.322 e. The first-order valence-electron chi connectivity index (χ1n) is 9.11. The molecule has 0 radical (unpaired) electrons. The summed E-state index contributed by atoms with van der Waals surface area (Å²) < 4.78 is 28.5. The number of nitrogens with one attached hydrogen (secondary N) is 1. The predicted molar refractivity (Wildman–Crippen MR) is 114 cm³/mol. The Morgan fingerprint density at radius 2 is 1.77 bits per heavy atom. The Morgan fingerprint density at radius 3 is 2.40 bits per heavy atom. The maximum atomic E-state index is 13.1. The SMILES string of the molecule is CC(=O)c1cccc(NC(=O)c2cnn(C)c2N(C)S(=O)(=O)c2ccc(C)cc2)c1. The zero-order valence-electron chi connectivity index (χ0n) is 17.1. The number of ketones is 1. The van der Waals surface area contributed by atoms with E-state index in [-0.39, 0.29) is 22.1 Å². The summed E-state index contributed by atoms with van der Waals surface area (Å²) >= 11 is 0. The fourth-order valence-corrected chi connectivity index (χ4v) is 4.20. The van der Waals surface area contributed by atoms with Gasteiger partial charge in [0.15, 0.2) is 11.6 Å². The monoisotopic (exact) mass is 426 g/mol. The fourth-order valence-electron chi connectivity index (χ4n) is 2.96. The minimum absolute atomic E-state index is 0.0870. The van der Waals surface area contributed by atoms with Crippen LogP contribution in [0.25, 0.3) is 0 Å². The van der Waals surface area contributed by atoms with E-state index in [0.717, 1.165) is 9.87 Å². The van der Waals surface area contributed by atoms with E-state index >= 15 is 0 Å². The topological polar surface area (TPSA) is 101 Å². The van der Waals surface area contributed by atoms with Crippen molar-refractivity contribution in [1.29, 1.82) is 0 Å². The number of amides is 1. The zero-order valence-corrected chi connectivity index (χ0v) is 17.9. The smallest absolute Gasteiger partial charge is 0.265 e. The predicted octanol–water partition coefficient (Wildman–Crippen LogP) is 3.01. The summed E-state index contributed by atoms with van der Waals surface area (Å²) in [6.45, 7) is 3.30. The van der Waals surface area contributed by atoms with Crippen molar-refractivity contribution in [1.82, 2.24) is 9.78 Å². The van der Waals surface area contributed by atoms with Crippen LogP contribution in [0.15, 0.2) is 59.6 Å². The molecule has 0 saturated heterocycles. The van der Waals surface area contributed by atoms with Crippen molar-refractivity contribution in [2.24, 2.45) is 7.05 Å². The van der Waals surface area contributed by atoms with Gasteiger partial charge >= 0.3 is 0 Å². The van der Waals surface area contributed by atoms with E-state index < -0.39 is 15.9 Å². The molecule has 0 unspecified atom stereocenters. The average Bonchev–Trinajstić information content (AvgIpc) is 3.09. The molecule has 1 heterocycles. The molecule has 30 heavy (non-hydrogen) atoms. The number of carbonyl (C=O) groups excluding carboxylic acids is 2. The van der Waals surface area contributed by atoms with Crippen LogP contribution >= 0.6 is 0 Å². The van der Waals surface area contributed by atoms with Gasteiger partial charge in [-0.15, -0.1) is 0 Å². The summed E-state index contributed by atoms with van der Waals surface area (Å²) in [5.74, 6) is -0.544. The van der Waals surface area contributed by atoms with Gasteiger partial charge in [0.25, 0.3) is 15.9 Å². The summed E-state index contributed by atoms with van der Waals surface area (Å²) in [7, 11) is -0.967. The van der Waals surface area contributed by atoms with Gasteiger partial charge in [0.2, 0.25) is 0 Å². The highest BCUT2D eigenvalue weighted by Crippen LogP contribution is 2.26. The van der Waals surface area contributed by atoms with Crippen LogP contribution in [0.1, 0.15) is 33.2 Å². The molecule has 156 valence electrons. The Hall–Kier alpha value is -3.46. The maximum Gasteiger partial charge on any atom is 0.265 e. The number of nitrogens with zero attached hydrogens (tertiary/aromatic N) is 3. The number of anilines is 2. The molecule has 0 aliphatic rings. The van der Waals surface area contributed by atoms with E-state index in [1.807, 2.05) is 6.92 Å². The molecule has 0 spiro atoms. The summed E-state index contributed by atoms with van der Waals surface area (Å²) in [6.07, 6.45) is 1.31. The highest BCUT2D eigenvalue weighted by Gasteiger charge is 2.28. The van der Waals surface area contributed by atoms with Gasteiger partial charge in [-0.1, -0.05) is 29.8 Å². The molecule has 1 N–H and O–H groups in total. The second-order valence-electron chi connectivity index (χ2n) is 6.88. The van der Waals surface area contributed by atoms with Gasteiger partial charge < -0.3 is 5.32 Å². The Kier molecular flexibility index (Phi) is 5.75. The zero-order chi connectivity index (χ0) is 22.1. The molecule has 2 aromatic carbocycles. The standard InChI is InChI=1S/C21H22N4O4S/c1-14-8-10-18(11-9-14)30(28,29)25(4)21-19(13-22-24(21)3)20(27)23-17-7-5-6-16(12-17)15(2)26/h5-13H,1-4H3,(H,23,27). The van der Waals surface area contributed by atoms with Crippen LogP contribution in [-0.4, -0.2) is 36.9 Å². The lowest BCUT2D eigenvalue weighted by molar-refractivity contribution is 0.101. The van der Waals surface area contributed by atoms with E-state index in [0.29, 0.717) is 11.3 Å². The fraction of sp³-hybridized carbons (Fsp3) is 0.190. The summed E-state index contributed by atoms with van der Waals surface area (Å²) in [5.41, 5.74) is 1.90. The summed E-state index contributed by atoms with van der Waals surface area (Å²) in [5, 5.41) is 6.76. The highest BCUT2D eigenvalue weighted by molar-refractivity contribution is 7.92. The molecule has 3 rings (SSSR count). The number of carbonyl (C=O) groups is 2. The van der Waals surface area contributed by atoms with Gasteiger partial charge in [0.05, 0.1) is 11.1 Å². The van der Waals surface area contributed by atoms with Crippen molar-refractivity contribution >= 4 is 33.2 Å². The molecule has 1 aromatic heterocycles. The first kappa shape index (κ1) is 21.3. The molecule has 0 fully saturated rings. The summed E-state index contributed by atoms with van der Waals surface area (Å²) in [4.78, 5) is 24.5. The average molecular weight is 426 g/mol. The second kappa shape index (κ2) is 8.11. The normalized spacial score (nSPS) is 11.2. The molecule has 0 saturated carbocycles. The van der Waals surface area contributed by atoms with Crippen molar-refractivity contribution in [3.8, 4) is 0 Å². The third-order valence-electron chi connectivity index (χ3n) is 4.66. The highest BCUT2D eigenvalue weighted by atomic mass is 32.2. The lowest BCUT2D eigenvalue weighted by atomic mass is 10.1. The van der Waals surface area contributed by atoms with Crippen molar-refractivity contribution in [3.05, 3.63) is 71.4 Å². The number of rotatable bonds is 6. The molecule has 0 aliphatic heterocycles. The first-order chi connectivity index (χ1) is 14.1. The molecule has 9 heteroatoms. The van der Waals surface area contributed by atoms with E-state index in [9.17, 15) is 18.0 Å². The van der Waals surface area contributed by atoms with Crippen LogP contribution in [0.2, 0.25) is 0 Å². The van der Waals surface area contributed by atoms with Gasteiger partial charge in [-0.05, 0) is 38.1 Å². The lowest BCUT2D eigenvalue weighted by Crippen LogP contribution is -2.30. The van der Waals surface area contributed by atoms with Gasteiger partial charge in [-0.3, -0.25) is 18.6 Å². The van der Waals surface area contributed by atoms with Crippen LogP contribution in [-0.2, 0) is 17.1 Å². The first-order valence-corrected chi connectivity index (χ1v) is 10.5. The van der Waals surface area contributed by atoms with Crippen molar-refractivity contribution in [2.75, 3.05) is 16.7 Å². The third-order valence-corrected chi connectivity index (χ3v) is 6.42. The van der Waals surface area contributed by atoms with Crippen LogP contribution in [0.3, 0.4) is 0 Å². The van der Waals surface area contributed by atoms with E-state index in [1.54, 1.807) is 43.4 Å². The molecular weight excluding hydrogens is 404 g/mol. The molecule has 0 bridgehead atoms. The molecule has 0 atom stereocenters. The van der Waals surface area contributed by atoms with E-state index in [1.165, 1.54) is 37.0 Å². The number of hydrogen-bond donors (Lipinski definition) is 1. The van der Waals surface area contributed by atoms with Crippen molar-refractivity contribution < 1.29 is 18.0 Å². The summed E-state index contributed by atoms with van der Waals surface area (Å²) in [6, 6.07) is 13.0. The Balaban J connectivity index is 1.94. The number of sulfonamides is 1. The van der Waals surface area contributed by atoms with Gasteiger partial charge in [-0.2, -0.15) is 5.10 Å². The Bertz CT molecular complexity index is 1210. The molecule has 1 amide bonds. The number of Topliss-reactive ketones (excluding diaryl/α,β-unsaturated/α-hetero) is 1. The van der Waals surface area contributed by atoms with Gasteiger partial charge in [0, 0.05) is 25.3 Å². The van der Waals surface area contributed by atoms with E-state index in [2.05, 4.69) is 10.4 Å². The van der Waals surface area contributed by atoms with Crippen LogP contribution < -0.4 is 9.62 Å². The Labute approximate surface area is 175 Å². The number of aryl methyl sites for hydroxylation is 2. The largest absolute Gasteiger partial charge is 0.322 e. The minimum atomic E-state index is -3.90. The molecule has 0 aliphatic carbocycles. The molecular formula is C21H22N4O4S. The molecule has 3 aromatic rings. The second-order valence-corrected chi connectivity index (χ2v) is 8.85. The quantitative estimate of drug-likeness (QED) is 0.611. The molecule has 8 nitrogen and oxygen atoms in total. The number of aromatic nitrogens is 2. The van der Waals surface area contributed by atoms with Gasteiger partial charge in [0.1, 0.15) is 5.56 Å². The lowest BCUT2D eigenvalue weighted by Gasteiger charge is -2.21. The Morgan fingerprint density at radius 1 is 1.10 bits per heavy atom. The van der Waals surface area contributed by atoms with E-state index in [4.69, 9.17) is 0 Å². The third kappa shape index (κ3) is 4.11. The number of hydrogen-bond acceptors (Lipinski definition) is 5. The van der Waals surface area contributed by atoms with Crippen LogP contribution in [0.4, 0.5) is 11.5 Å². The maximum absolute atomic E-state index is 13.1.